The summed E-state index contributed by atoms with van der Waals surface area (Å²) in [5.74, 6) is 1.26. The number of carbonyl (C=O) groups excluding carboxylic acids is 1. The van der Waals surface area contributed by atoms with Crippen LogP contribution in [0.2, 0.25) is 0 Å². The molecule has 0 spiro atoms. The zero-order valence-corrected chi connectivity index (χ0v) is 16.9. The topological polar surface area (TPSA) is 71.3 Å². The highest BCUT2D eigenvalue weighted by atomic mass is 16.5. The SMILES string of the molecule is CCc1cccc(NC(=O)N2CCC[C@H](c3nc(-c4cccc(C)c4)no3)C2)c1. The average Bonchev–Trinajstić information content (AvgIpc) is 3.24. The molecule has 1 aliphatic heterocycles. The van der Waals surface area contributed by atoms with E-state index in [-0.39, 0.29) is 11.9 Å². The van der Waals surface area contributed by atoms with Gasteiger partial charge >= 0.3 is 6.03 Å². The van der Waals surface area contributed by atoms with Crippen LogP contribution in [0.25, 0.3) is 11.4 Å². The molecule has 1 aliphatic rings. The van der Waals surface area contributed by atoms with E-state index >= 15 is 0 Å². The van der Waals surface area contributed by atoms with Crippen molar-refractivity contribution in [2.45, 2.75) is 39.0 Å². The molecule has 0 bridgehead atoms. The summed E-state index contributed by atoms with van der Waals surface area (Å²) in [6.07, 6.45) is 2.79. The standard InChI is InChI=1S/C23H26N4O2/c1-3-17-8-5-11-20(14-17)24-23(28)27-12-6-10-19(15-27)22-25-21(26-29-22)18-9-4-7-16(2)13-18/h4-5,7-9,11,13-14,19H,3,6,10,12,15H2,1-2H3,(H,24,28)/t19-/m0/s1. The summed E-state index contributed by atoms with van der Waals surface area (Å²) in [5, 5.41) is 7.17. The van der Waals surface area contributed by atoms with Crippen LogP contribution in [0.15, 0.2) is 53.1 Å². The number of likely N-dealkylation sites (tertiary alicyclic amines) is 1. The molecule has 0 radical (unpaired) electrons. The summed E-state index contributed by atoms with van der Waals surface area (Å²) in [6.45, 7) is 5.45. The van der Waals surface area contributed by atoms with Gasteiger partial charge in [-0.1, -0.05) is 48.0 Å². The van der Waals surface area contributed by atoms with E-state index in [1.54, 1.807) is 0 Å². The number of nitrogens with zero attached hydrogens (tertiary/aromatic N) is 3. The fourth-order valence-electron chi connectivity index (χ4n) is 3.74. The number of amides is 2. The lowest BCUT2D eigenvalue weighted by Gasteiger charge is -2.31. The molecule has 1 fully saturated rings. The van der Waals surface area contributed by atoms with Crippen molar-refractivity contribution in [1.82, 2.24) is 15.0 Å². The third kappa shape index (κ3) is 4.47. The van der Waals surface area contributed by atoms with Gasteiger partial charge in [-0.25, -0.2) is 4.79 Å². The Morgan fingerprint density at radius 2 is 2.10 bits per heavy atom. The molecule has 150 valence electrons. The Kier molecular flexibility index (Phi) is 5.60. The van der Waals surface area contributed by atoms with E-state index in [1.165, 1.54) is 5.56 Å². The quantitative estimate of drug-likeness (QED) is 0.679. The molecule has 2 aromatic carbocycles. The lowest BCUT2D eigenvalue weighted by Crippen LogP contribution is -2.41. The molecule has 0 saturated carbocycles. The summed E-state index contributed by atoms with van der Waals surface area (Å²) < 4.78 is 5.56. The van der Waals surface area contributed by atoms with Gasteiger partial charge in [0.15, 0.2) is 0 Å². The molecular weight excluding hydrogens is 364 g/mol. The zero-order chi connectivity index (χ0) is 20.2. The van der Waals surface area contributed by atoms with Gasteiger partial charge in [0.25, 0.3) is 0 Å². The molecule has 1 N–H and O–H groups in total. The van der Waals surface area contributed by atoms with Crippen LogP contribution < -0.4 is 5.32 Å². The van der Waals surface area contributed by atoms with Crippen molar-refractivity contribution in [1.29, 1.82) is 0 Å². The Hall–Kier alpha value is -3.15. The molecule has 2 amide bonds. The molecule has 6 nitrogen and oxygen atoms in total. The minimum absolute atomic E-state index is 0.0579. The monoisotopic (exact) mass is 390 g/mol. The van der Waals surface area contributed by atoms with Gasteiger partial charge < -0.3 is 14.7 Å². The number of carbonyl (C=O) groups is 1. The third-order valence-corrected chi connectivity index (χ3v) is 5.36. The molecule has 0 aliphatic carbocycles. The van der Waals surface area contributed by atoms with E-state index in [0.717, 1.165) is 42.6 Å². The summed E-state index contributed by atoms with van der Waals surface area (Å²) >= 11 is 0. The maximum Gasteiger partial charge on any atom is 0.321 e. The van der Waals surface area contributed by atoms with E-state index in [2.05, 4.69) is 28.4 Å². The van der Waals surface area contributed by atoms with E-state index in [0.29, 0.717) is 18.3 Å². The first-order valence-corrected chi connectivity index (χ1v) is 10.2. The van der Waals surface area contributed by atoms with Crippen LogP contribution in [0.4, 0.5) is 10.5 Å². The molecule has 0 unspecified atom stereocenters. The number of nitrogens with one attached hydrogen (secondary N) is 1. The molecule has 29 heavy (non-hydrogen) atoms. The molecule has 1 saturated heterocycles. The summed E-state index contributed by atoms with van der Waals surface area (Å²) in [4.78, 5) is 19.2. The van der Waals surface area contributed by atoms with Gasteiger partial charge in [-0.3, -0.25) is 0 Å². The number of rotatable bonds is 4. The molecule has 3 aromatic rings. The predicted octanol–water partition coefficient (Wildman–Crippen LogP) is 5.02. The first-order valence-electron chi connectivity index (χ1n) is 10.2. The zero-order valence-electron chi connectivity index (χ0n) is 16.9. The number of urea groups is 1. The van der Waals surface area contributed by atoms with Gasteiger partial charge in [0.1, 0.15) is 0 Å². The first-order chi connectivity index (χ1) is 14.1. The lowest BCUT2D eigenvalue weighted by atomic mass is 9.98. The first kappa shape index (κ1) is 19.2. The Morgan fingerprint density at radius 3 is 2.93 bits per heavy atom. The van der Waals surface area contributed by atoms with Gasteiger partial charge in [-0.2, -0.15) is 4.98 Å². The number of piperidine rings is 1. The minimum atomic E-state index is -0.0821. The van der Waals surface area contributed by atoms with E-state index in [9.17, 15) is 4.79 Å². The second-order valence-corrected chi connectivity index (χ2v) is 7.59. The summed E-state index contributed by atoms with van der Waals surface area (Å²) in [5.41, 5.74) is 4.13. The van der Waals surface area contributed by atoms with Gasteiger partial charge in [-0.05, 0) is 49.9 Å². The lowest BCUT2D eigenvalue weighted by molar-refractivity contribution is 0.184. The number of anilines is 1. The van der Waals surface area contributed by atoms with Crippen LogP contribution in [-0.2, 0) is 6.42 Å². The largest absolute Gasteiger partial charge is 0.339 e. The fourth-order valence-corrected chi connectivity index (χ4v) is 3.74. The second-order valence-electron chi connectivity index (χ2n) is 7.59. The van der Waals surface area contributed by atoms with Crippen molar-refractivity contribution in [2.24, 2.45) is 0 Å². The molecule has 6 heteroatoms. The van der Waals surface area contributed by atoms with Crippen LogP contribution in [0.1, 0.15) is 42.7 Å². The van der Waals surface area contributed by atoms with Crippen LogP contribution in [0.5, 0.6) is 0 Å². The van der Waals surface area contributed by atoms with Gasteiger partial charge in [0, 0.05) is 24.3 Å². The molecule has 1 aromatic heterocycles. The van der Waals surface area contributed by atoms with E-state index in [4.69, 9.17) is 4.52 Å². The van der Waals surface area contributed by atoms with Crippen LogP contribution in [-0.4, -0.2) is 34.2 Å². The van der Waals surface area contributed by atoms with Crippen molar-refractivity contribution < 1.29 is 9.32 Å². The van der Waals surface area contributed by atoms with Crippen LogP contribution >= 0.6 is 0 Å². The molecule has 2 heterocycles. The minimum Gasteiger partial charge on any atom is -0.339 e. The Morgan fingerprint density at radius 1 is 1.24 bits per heavy atom. The summed E-state index contributed by atoms with van der Waals surface area (Å²) in [7, 11) is 0. The fraction of sp³-hybridized carbons (Fsp3) is 0.348. The van der Waals surface area contributed by atoms with Gasteiger partial charge in [-0.15, -0.1) is 0 Å². The highest BCUT2D eigenvalue weighted by molar-refractivity contribution is 5.89. The predicted molar refractivity (Wildman–Crippen MR) is 113 cm³/mol. The normalized spacial score (nSPS) is 16.6. The molecule has 4 rings (SSSR count). The van der Waals surface area contributed by atoms with Crippen molar-refractivity contribution in [3.63, 3.8) is 0 Å². The number of hydrogen-bond donors (Lipinski definition) is 1. The third-order valence-electron chi connectivity index (χ3n) is 5.36. The number of benzene rings is 2. The number of aromatic nitrogens is 2. The van der Waals surface area contributed by atoms with E-state index in [1.807, 2.05) is 54.3 Å². The maximum atomic E-state index is 12.8. The molecule has 1 atom stereocenters. The average molecular weight is 390 g/mol. The van der Waals surface area contributed by atoms with Crippen molar-refractivity contribution in [2.75, 3.05) is 18.4 Å². The van der Waals surface area contributed by atoms with Gasteiger partial charge in [0.2, 0.25) is 11.7 Å². The Balaban J connectivity index is 1.43. The van der Waals surface area contributed by atoms with Crippen LogP contribution in [0, 0.1) is 6.92 Å². The summed E-state index contributed by atoms with van der Waals surface area (Å²) in [6, 6.07) is 15.9. The van der Waals surface area contributed by atoms with Gasteiger partial charge in [0.05, 0.1) is 5.92 Å². The smallest absolute Gasteiger partial charge is 0.321 e. The maximum absolute atomic E-state index is 12.8. The number of hydrogen-bond acceptors (Lipinski definition) is 4. The Labute approximate surface area is 170 Å². The highest BCUT2D eigenvalue weighted by Crippen LogP contribution is 2.28. The van der Waals surface area contributed by atoms with Crippen molar-refractivity contribution in [3.8, 4) is 11.4 Å². The van der Waals surface area contributed by atoms with Crippen molar-refractivity contribution >= 4 is 11.7 Å². The number of aryl methyl sites for hydroxylation is 2. The highest BCUT2D eigenvalue weighted by Gasteiger charge is 2.28. The van der Waals surface area contributed by atoms with E-state index < -0.39 is 0 Å². The van der Waals surface area contributed by atoms with Crippen molar-refractivity contribution in [3.05, 3.63) is 65.5 Å². The Bertz CT molecular complexity index is 998. The van der Waals surface area contributed by atoms with Crippen LogP contribution in [0.3, 0.4) is 0 Å². The molecular formula is C23H26N4O2. The second kappa shape index (κ2) is 8.47.